The molecule has 0 amide bonds. The van der Waals surface area contributed by atoms with Crippen molar-refractivity contribution in [2.24, 2.45) is 0 Å². The molecule has 0 aromatic heterocycles. The van der Waals surface area contributed by atoms with Crippen LogP contribution in [0, 0.1) is 0 Å². The fourth-order valence-corrected chi connectivity index (χ4v) is 2.00. The summed E-state index contributed by atoms with van der Waals surface area (Å²) in [7, 11) is 1.96. The standard InChI is InChI=1S/C17H21NO/c1-14(17-6-4-3-5-7-17)19-13-16-10-8-15(9-11-16)12-18-2/h3-11,14,18H,12-13H2,1-2H3. The van der Waals surface area contributed by atoms with E-state index in [0.717, 1.165) is 6.54 Å². The molecule has 100 valence electrons. The number of nitrogens with one attached hydrogen (secondary N) is 1. The summed E-state index contributed by atoms with van der Waals surface area (Å²) in [6.45, 7) is 3.64. The maximum atomic E-state index is 5.90. The lowest BCUT2D eigenvalue weighted by atomic mass is 10.1. The van der Waals surface area contributed by atoms with Gasteiger partial charge < -0.3 is 10.1 Å². The van der Waals surface area contributed by atoms with E-state index in [1.807, 2.05) is 25.2 Å². The highest BCUT2D eigenvalue weighted by Gasteiger charge is 2.05. The van der Waals surface area contributed by atoms with Gasteiger partial charge in [-0.25, -0.2) is 0 Å². The predicted octanol–water partition coefficient (Wildman–Crippen LogP) is 3.68. The first-order valence-electron chi connectivity index (χ1n) is 6.68. The van der Waals surface area contributed by atoms with E-state index in [-0.39, 0.29) is 6.10 Å². The summed E-state index contributed by atoms with van der Waals surface area (Å²) in [6.07, 6.45) is 0.123. The van der Waals surface area contributed by atoms with E-state index in [0.29, 0.717) is 6.61 Å². The van der Waals surface area contributed by atoms with Crippen molar-refractivity contribution >= 4 is 0 Å². The summed E-state index contributed by atoms with van der Waals surface area (Å²) in [5, 5.41) is 3.14. The van der Waals surface area contributed by atoms with E-state index in [1.54, 1.807) is 0 Å². The van der Waals surface area contributed by atoms with Gasteiger partial charge in [-0.2, -0.15) is 0 Å². The molecule has 0 aliphatic heterocycles. The van der Waals surface area contributed by atoms with E-state index in [1.165, 1.54) is 16.7 Å². The SMILES string of the molecule is CNCc1ccc(COC(C)c2ccccc2)cc1. The molecule has 1 unspecified atom stereocenters. The summed E-state index contributed by atoms with van der Waals surface area (Å²) in [5.41, 5.74) is 3.72. The highest BCUT2D eigenvalue weighted by Crippen LogP contribution is 2.18. The molecule has 2 rings (SSSR count). The van der Waals surface area contributed by atoms with Crippen LogP contribution in [0.5, 0.6) is 0 Å². The molecular weight excluding hydrogens is 234 g/mol. The topological polar surface area (TPSA) is 21.3 Å². The van der Waals surface area contributed by atoms with Crippen molar-refractivity contribution in [3.8, 4) is 0 Å². The summed E-state index contributed by atoms with van der Waals surface area (Å²) < 4.78 is 5.90. The molecule has 0 saturated heterocycles. The van der Waals surface area contributed by atoms with Crippen LogP contribution in [-0.2, 0) is 17.9 Å². The summed E-state index contributed by atoms with van der Waals surface area (Å²) in [6, 6.07) is 18.8. The van der Waals surface area contributed by atoms with Crippen molar-refractivity contribution in [1.29, 1.82) is 0 Å². The zero-order valence-electron chi connectivity index (χ0n) is 11.6. The van der Waals surface area contributed by atoms with Crippen LogP contribution >= 0.6 is 0 Å². The monoisotopic (exact) mass is 255 g/mol. The largest absolute Gasteiger partial charge is 0.369 e. The van der Waals surface area contributed by atoms with Crippen LogP contribution in [0.4, 0.5) is 0 Å². The fraction of sp³-hybridized carbons (Fsp3) is 0.294. The molecule has 0 heterocycles. The van der Waals surface area contributed by atoms with Crippen LogP contribution in [-0.4, -0.2) is 7.05 Å². The third kappa shape index (κ3) is 4.19. The number of rotatable bonds is 6. The minimum atomic E-state index is 0.123. The van der Waals surface area contributed by atoms with Gasteiger partial charge in [0.25, 0.3) is 0 Å². The Morgan fingerprint density at radius 3 is 2.21 bits per heavy atom. The maximum absolute atomic E-state index is 5.90. The van der Waals surface area contributed by atoms with E-state index < -0.39 is 0 Å². The van der Waals surface area contributed by atoms with Crippen LogP contribution < -0.4 is 5.32 Å². The average molecular weight is 255 g/mol. The molecule has 2 heteroatoms. The van der Waals surface area contributed by atoms with Crippen LogP contribution in [0.15, 0.2) is 54.6 Å². The Balaban J connectivity index is 1.88. The van der Waals surface area contributed by atoms with Crippen molar-refractivity contribution in [1.82, 2.24) is 5.32 Å². The molecule has 0 bridgehead atoms. The molecule has 1 N–H and O–H groups in total. The third-order valence-corrected chi connectivity index (χ3v) is 3.17. The molecule has 1 atom stereocenters. The molecular formula is C17H21NO. The van der Waals surface area contributed by atoms with Gasteiger partial charge in [0.1, 0.15) is 0 Å². The Morgan fingerprint density at radius 2 is 1.58 bits per heavy atom. The Morgan fingerprint density at radius 1 is 0.947 bits per heavy atom. The first-order valence-corrected chi connectivity index (χ1v) is 6.68. The van der Waals surface area contributed by atoms with E-state index in [9.17, 15) is 0 Å². The Hall–Kier alpha value is -1.64. The predicted molar refractivity (Wildman–Crippen MR) is 78.9 cm³/mol. The van der Waals surface area contributed by atoms with E-state index in [2.05, 4.69) is 48.6 Å². The Bertz CT molecular complexity index is 478. The van der Waals surface area contributed by atoms with Crippen LogP contribution in [0.1, 0.15) is 29.7 Å². The smallest absolute Gasteiger partial charge is 0.0801 e. The quantitative estimate of drug-likeness (QED) is 0.850. The zero-order chi connectivity index (χ0) is 13.5. The minimum absolute atomic E-state index is 0.123. The van der Waals surface area contributed by atoms with Crippen molar-refractivity contribution in [3.63, 3.8) is 0 Å². The number of ether oxygens (including phenoxy) is 1. The number of hydrogen-bond acceptors (Lipinski definition) is 2. The second-order valence-electron chi connectivity index (χ2n) is 4.71. The van der Waals surface area contributed by atoms with Crippen LogP contribution in [0.2, 0.25) is 0 Å². The number of benzene rings is 2. The average Bonchev–Trinajstić information content (AvgIpc) is 2.47. The van der Waals surface area contributed by atoms with Gasteiger partial charge in [0.05, 0.1) is 12.7 Å². The molecule has 0 radical (unpaired) electrons. The molecule has 0 saturated carbocycles. The van der Waals surface area contributed by atoms with E-state index >= 15 is 0 Å². The van der Waals surface area contributed by atoms with Gasteiger partial charge in [-0.1, -0.05) is 54.6 Å². The first-order chi connectivity index (χ1) is 9.29. The molecule has 19 heavy (non-hydrogen) atoms. The molecule has 0 aliphatic rings. The normalized spacial score (nSPS) is 12.3. The van der Waals surface area contributed by atoms with Crippen molar-refractivity contribution in [3.05, 3.63) is 71.3 Å². The van der Waals surface area contributed by atoms with Gasteiger partial charge in [-0.3, -0.25) is 0 Å². The van der Waals surface area contributed by atoms with Crippen LogP contribution in [0.25, 0.3) is 0 Å². The summed E-state index contributed by atoms with van der Waals surface area (Å²) in [4.78, 5) is 0. The minimum Gasteiger partial charge on any atom is -0.369 e. The van der Waals surface area contributed by atoms with Gasteiger partial charge >= 0.3 is 0 Å². The van der Waals surface area contributed by atoms with Gasteiger partial charge in [0.15, 0.2) is 0 Å². The zero-order valence-corrected chi connectivity index (χ0v) is 11.6. The second kappa shape index (κ2) is 7.07. The van der Waals surface area contributed by atoms with E-state index in [4.69, 9.17) is 4.74 Å². The molecule has 2 nitrogen and oxygen atoms in total. The highest BCUT2D eigenvalue weighted by atomic mass is 16.5. The lowest BCUT2D eigenvalue weighted by molar-refractivity contribution is 0.0525. The van der Waals surface area contributed by atoms with Gasteiger partial charge in [0.2, 0.25) is 0 Å². The van der Waals surface area contributed by atoms with Gasteiger partial charge in [0, 0.05) is 6.54 Å². The van der Waals surface area contributed by atoms with Crippen LogP contribution in [0.3, 0.4) is 0 Å². The molecule has 0 fully saturated rings. The summed E-state index contributed by atoms with van der Waals surface area (Å²) in [5.74, 6) is 0. The van der Waals surface area contributed by atoms with Crippen molar-refractivity contribution in [2.45, 2.75) is 26.2 Å². The Labute approximate surface area is 115 Å². The number of hydrogen-bond donors (Lipinski definition) is 1. The summed E-state index contributed by atoms with van der Waals surface area (Å²) >= 11 is 0. The second-order valence-corrected chi connectivity index (χ2v) is 4.71. The fourth-order valence-electron chi connectivity index (χ4n) is 2.00. The lowest BCUT2D eigenvalue weighted by Crippen LogP contribution is -2.05. The molecule has 2 aromatic rings. The van der Waals surface area contributed by atoms with Crippen molar-refractivity contribution < 1.29 is 4.74 Å². The van der Waals surface area contributed by atoms with Gasteiger partial charge in [-0.05, 0) is 30.7 Å². The Kier molecular flexibility index (Phi) is 5.13. The molecule has 2 aromatic carbocycles. The van der Waals surface area contributed by atoms with Crippen molar-refractivity contribution in [2.75, 3.05) is 7.05 Å². The first kappa shape index (κ1) is 13.8. The maximum Gasteiger partial charge on any atom is 0.0801 e. The third-order valence-electron chi connectivity index (χ3n) is 3.17. The van der Waals surface area contributed by atoms with Gasteiger partial charge in [-0.15, -0.1) is 0 Å². The molecule has 0 aliphatic carbocycles. The molecule has 0 spiro atoms. The highest BCUT2D eigenvalue weighted by molar-refractivity contribution is 5.22. The lowest BCUT2D eigenvalue weighted by Gasteiger charge is -2.13.